The lowest BCUT2D eigenvalue weighted by Gasteiger charge is -2.20. The third-order valence-electron chi connectivity index (χ3n) is 4.57. The number of esters is 1. The molecular weight excluding hydrogens is 192 g/mol. The fourth-order valence-electron chi connectivity index (χ4n) is 3.81. The molecule has 0 aromatic heterocycles. The van der Waals surface area contributed by atoms with Gasteiger partial charge in [-0.15, -0.1) is 0 Å². The van der Waals surface area contributed by atoms with Gasteiger partial charge in [0.15, 0.2) is 0 Å². The molecule has 4 atom stereocenters. The molecule has 0 aliphatic heterocycles. The molecular formula is C12H16O3. The Labute approximate surface area is 89.2 Å². The van der Waals surface area contributed by atoms with E-state index in [0.717, 1.165) is 25.7 Å². The molecule has 3 rings (SSSR count). The summed E-state index contributed by atoms with van der Waals surface area (Å²) in [4.78, 5) is 23.7. The maximum atomic E-state index is 12.1. The average molecular weight is 208 g/mol. The topological polar surface area (TPSA) is 43.4 Å². The van der Waals surface area contributed by atoms with Crippen molar-refractivity contribution < 1.29 is 14.3 Å². The van der Waals surface area contributed by atoms with E-state index in [2.05, 4.69) is 0 Å². The van der Waals surface area contributed by atoms with Crippen molar-refractivity contribution in [2.24, 2.45) is 23.2 Å². The number of fused-ring (bicyclic) bond motifs is 3. The molecule has 0 radical (unpaired) electrons. The molecule has 0 N–H and O–H groups in total. The van der Waals surface area contributed by atoms with Crippen molar-refractivity contribution in [2.45, 2.75) is 32.6 Å². The van der Waals surface area contributed by atoms with Gasteiger partial charge < -0.3 is 4.74 Å². The molecule has 3 heteroatoms. The number of rotatable bonds is 2. The maximum Gasteiger partial charge on any atom is 0.309 e. The van der Waals surface area contributed by atoms with E-state index < -0.39 is 0 Å². The Morgan fingerprint density at radius 1 is 1.53 bits per heavy atom. The zero-order valence-electron chi connectivity index (χ0n) is 8.99. The Hall–Kier alpha value is -0.860. The number of carbonyl (C=O) groups excluding carboxylic acids is 2. The smallest absolute Gasteiger partial charge is 0.309 e. The lowest BCUT2D eigenvalue weighted by atomic mass is 9.82. The zero-order valence-corrected chi connectivity index (χ0v) is 8.99. The van der Waals surface area contributed by atoms with Gasteiger partial charge in [0.1, 0.15) is 5.78 Å². The second-order valence-corrected chi connectivity index (χ2v) is 5.12. The molecule has 82 valence electrons. The van der Waals surface area contributed by atoms with Crippen molar-refractivity contribution in [1.82, 2.24) is 0 Å². The number of carbonyl (C=O) groups is 2. The van der Waals surface area contributed by atoms with Crippen LogP contribution < -0.4 is 0 Å². The largest absolute Gasteiger partial charge is 0.466 e. The van der Waals surface area contributed by atoms with Gasteiger partial charge in [-0.05, 0) is 38.5 Å². The van der Waals surface area contributed by atoms with Crippen LogP contribution in [0.1, 0.15) is 32.6 Å². The highest BCUT2D eigenvalue weighted by atomic mass is 16.5. The summed E-state index contributed by atoms with van der Waals surface area (Å²) in [5.74, 6) is 0.897. The summed E-state index contributed by atoms with van der Waals surface area (Å²) < 4.78 is 5.02. The number of ketones is 1. The zero-order chi connectivity index (χ0) is 10.6. The van der Waals surface area contributed by atoms with Crippen LogP contribution in [0.4, 0.5) is 0 Å². The Balaban J connectivity index is 1.79. The van der Waals surface area contributed by atoms with Crippen LogP contribution >= 0.6 is 0 Å². The summed E-state index contributed by atoms with van der Waals surface area (Å²) in [5.41, 5.74) is -0.255. The predicted octanol–water partition coefficient (Wildman–Crippen LogP) is 1.55. The lowest BCUT2D eigenvalue weighted by molar-refractivity contribution is -0.147. The van der Waals surface area contributed by atoms with E-state index in [9.17, 15) is 9.59 Å². The summed E-state index contributed by atoms with van der Waals surface area (Å²) in [5, 5.41) is 0. The molecule has 3 nitrogen and oxygen atoms in total. The summed E-state index contributed by atoms with van der Waals surface area (Å²) >= 11 is 0. The maximum absolute atomic E-state index is 12.1. The first kappa shape index (κ1) is 9.37. The highest BCUT2D eigenvalue weighted by molar-refractivity contribution is 5.99. The second kappa shape index (κ2) is 2.83. The molecule has 3 aliphatic carbocycles. The van der Waals surface area contributed by atoms with Crippen molar-refractivity contribution in [2.75, 3.05) is 6.61 Å². The first-order valence-corrected chi connectivity index (χ1v) is 5.91. The minimum absolute atomic E-state index is 0.0970. The third-order valence-corrected chi connectivity index (χ3v) is 4.57. The molecule has 2 bridgehead atoms. The van der Waals surface area contributed by atoms with Crippen LogP contribution in [0.15, 0.2) is 0 Å². The SMILES string of the molecule is CCOC(=O)C1CC12C(=O)C1CCC2C1. The first-order chi connectivity index (χ1) is 7.20. The average Bonchev–Trinajstić information content (AvgIpc) is 2.67. The molecule has 0 aromatic rings. The van der Waals surface area contributed by atoms with Gasteiger partial charge in [-0.25, -0.2) is 0 Å². The molecule has 0 saturated heterocycles. The van der Waals surface area contributed by atoms with E-state index in [1.54, 1.807) is 0 Å². The number of Topliss-reactive ketones (excluding diaryl/α,β-unsaturated/α-hetero) is 1. The van der Waals surface area contributed by atoms with Gasteiger partial charge in [-0.1, -0.05) is 0 Å². The standard InChI is InChI=1S/C12H16O3/c1-2-15-11(14)9-6-12(9)8-4-3-7(5-8)10(12)13/h7-9H,2-6H2,1H3. The molecule has 4 unspecified atom stereocenters. The predicted molar refractivity (Wildman–Crippen MR) is 53.0 cm³/mol. The van der Waals surface area contributed by atoms with Gasteiger partial charge in [0, 0.05) is 11.3 Å². The van der Waals surface area contributed by atoms with E-state index in [1.165, 1.54) is 0 Å². The van der Waals surface area contributed by atoms with Crippen LogP contribution in [0.5, 0.6) is 0 Å². The molecule has 0 heterocycles. The van der Waals surface area contributed by atoms with Gasteiger partial charge in [0.2, 0.25) is 0 Å². The van der Waals surface area contributed by atoms with E-state index >= 15 is 0 Å². The van der Waals surface area contributed by atoms with Crippen LogP contribution in [-0.2, 0) is 14.3 Å². The highest BCUT2D eigenvalue weighted by Crippen LogP contribution is 2.69. The van der Waals surface area contributed by atoms with Crippen LogP contribution in [0.25, 0.3) is 0 Å². The van der Waals surface area contributed by atoms with Gasteiger partial charge in [-0.2, -0.15) is 0 Å². The summed E-state index contributed by atoms with van der Waals surface area (Å²) in [6.07, 6.45) is 4.01. The molecule has 3 aliphatic rings. The van der Waals surface area contributed by atoms with E-state index in [0.29, 0.717) is 18.3 Å². The van der Waals surface area contributed by atoms with Crippen LogP contribution in [-0.4, -0.2) is 18.4 Å². The summed E-state index contributed by atoms with van der Waals surface area (Å²) in [7, 11) is 0. The van der Waals surface area contributed by atoms with Gasteiger partial charge in [-0.3, -0.25) is 9.59 Å². The van der Waals surface area contributed by atoms with Crippen molar-refractivity contribution in [1.29, 1.82) is 0 Å². The Kier molecular flexibility index (Phi) is 1.77. The van der Waals surface area contributed by atoms with Gasteiger partial charge in [0.25, 0.3) is 0 Å². The Bertz CT molecular complexity index is 336. The molecule has 0 aromatic carbocycles. The second-order valence-electron chi connectivity index (χ2n) is 5.12. The number of ether oxygens (including phenoxy) is 1. The van der Waals surface area contributed by atoms with Gasteiger partial charge in [0.05, 0.1) is 12.5 Å². The summed E-state index contributed by atoms with van der Waals surface area (Å²) in [6.45, 7) is 2.24. The molecule has 3 saturated carbocycles. The number of hydrogen-bond acceptors (Lipinski definition) is 3. The summed E-state index contributed by atoms with van der Waals surface area (Å²) in [6, 6.07) is 0. The van der Waals surface area contributed by atoms with E-state index in [4.69, 9.17) is 4.74 Å². The molecule has 3 fully saturated rings. The van der Waals surface area contributed by atoms with Crippen molar-refractivity contribution in [3.05, 3.63) is 0 Å². The number of hydrogen-bond donors (Lipinski definition) is 0. The van der Waals surface area contributed by atoms with Gasteiger partial charge >= 0.3 is 5.97 Å². The van der Waals surface area contributed by atoms with E-state index in [-0.39, 0.29) is 23.2 Å². The highest BCUT2D eigenvalue weighted by Gasteiger charge is 2.73. The Morgan fingerprint density at radius 2 is 2.33 bits per heavy atom. The quantitative estimate of drug-likeness (QED) is 0.647. The Morgan fingerprint density at radius 3 is 2.93 bits per heavy atom. The van der Waals surface area contributed by atoms with Crippen LogP contribution in [0, 0.1) is 23.2 Å². The monoisotopic (exact) mass is 208 g/mol. The molecule has 15 heavy (non-hydrogen) atoms. The van der Waals surface area contributed by atoms with Crippen LogP contribution in [0.2, 0.25) is 0 Å². The fraction of sp³-hybridized carbons (Fsp3) is 0.833. The van der Waals surface area contributed by atoms with Crippen molar-refractivity contribution in [3.63, 3.8) is 0 Å². The van der Waals surface area contributed by atoms with Crippen LogP contribution in [0.3, 0.4) is 0 Å². The van der Waals surface area contributed by atoms with Crippen molar-refractivity contribution >= 4 is 11.8 Å². The normalized spacial score (nSPS) is 46.2. The third kappa shape index (κ3) is 1.01. The lowest BCUT2D eigenvalue weighted by Crippen LogP contribution is -2.28. The molecule has 0 amide bonds. The minimum atomic E-state index is -0.255. The minimum Gasteiger partial charge on any atom is -0.466 e. The fourth-order valence-corrected chi connectivity index (χ4v) is 3.81. The van der Waals surface area contributed by atoms with E-state index in [1.807, 2.05) is 6.92 Å². The molecule has 1 spiro atoms. The first-order valence-electron chi connectivity index (χ1n) is 5.91. The van der Waals surface area contributed by atoms with Crippen molar-refractivity contribution in [3.8, 4) is 0 Å².